The van der Waals surface area contributed by atoms with E-state index in [9.17, 15) is 14.7 Å². The number of H-pyrrole nitrogens is 2. The Labute approximate surface area is 191 Å². The summed E-state index contributed by atoms with van der Waals surface area (Å²) in [6, 6.07) is 11.4. The highest BCUT2D eigenvalue weighted by atomic mass is 16.3. The Bertz CT molecular complexity index is 1520. The molecule has 0 saturated carbocycles. The van der Waals surface area contributed by atoms with Gasteiger partial charge in [0.05, 0.1) is 5.69 Å². The van der Waals surface area contributed by atoms with Crippen molar-refractivity contribution in [2.45, 2.75) is 41.0 Å². The van der Waals surface area contributed by atoms with Gasteiger partial charge in [0, 0.05) is 28.9 Å². The van der Waals surface area contributed by atoms with E-state index >= 15 is 0 Å². The molecule has 2 heterocycles. The Morgan fingerprint density at radius 3 is 2.48 bits per heavy atom. The number of fused-ring (bicyclic) bond motifs is 1. The molecular formula is C26H28N4O3. The third-order valence-corrected chi connectivity index (χ3v) is 6.11. The first kappa shape index (κ1) is 22.3. The van der Waals surface area contributed by atoms with Crippen LogP contribution in [0.25, 0.3) is 16.6 Å². The lowest BCUT2D eigenvalue weighted by molar-refractivity contribution is 0.429. The van der Waals surface area contributed by atoms with Crippen molar-refractivity contribution in [1.82, 2.24) is 14.5 Å². The molecule has 33 heavy (non-hydrogen) atoms. The molecule has 170 valence electrons. The van der Waals surface area contributed by atoms with Crippen LogP contribution < -0.4 is 11.2 Å². The van der Waals surface area contributed by atoms with Crippen molar-refractivity contribution < 1.29 is 5.11 Å². The average molecular weight is 445 g/mol. The van der Waals surface area contributed by atoms with Crippen molar-refractivity contribution in [3.8, 4) is 11.6 Å². The molecule has 4 aromatic rings. The molecule has 4 rings (SSSR count). The van der Waals surface area contributed by atoms with E-state index in [1.165, 1.54) is 22.1 Å². The predicted molar refractivity (Wildman–Crippen MR) is 132 cm³/mol. The van der Waals surface area contributed by atoms with E-state index in [0.29, 0.717) is 24.4 Å². The van der Waals surface area contributed by atoms with Gasteiger partial charge in [-0.1, -0.05) is 24.3 Å². The molecule has 0 amide bonds. The molecule has 3 N–H and O–H groups in total. The summed E-state index contributed by atoms with van der Waals surface area (Å²) >= 11 is 0. The van der Waals surface area contributed by atoms with Gasteiger partial charge in [0.15, 0.2) is 0 Å². The molecule has 7 nitrogen and oxygen atoms in total. The number of rotatable bonds is 5. The molecule has 0 radical (unpaired) electrons. The minimum absolute atomic E-state index is 0.00113. The summed E-state index contributed by atoms with van der Waals surface area (Å²) in [7, 11) is 0. The summed E-state index contributed by atoms with van der Waals surface area (Å²) in [6.07, 6.45) is 0.684. The smallest absolute Gasteiger partial charge is 0.335 e. The SMILES string of the molecule is CC(=NCCc1c(C)[nH]c2c(C)ccc(C)c12)c1c(O)n(-c2cccc(C)c2)c(=O)[nH]c1=O. The quantitative estimate of drug-likeness (QED) is 0.405. The molecule has 0 aliphatic rings. The Balaban J connectivity index is 1.70. The van der Waals surface area contributed by atoms with Crippen LogP contribution in [0.1, 0.15) is 40.4 Å². The fourth-order valence-electron chi connectivity index (χ4n) is 4.40. The fraction of sp³-hybridized carbons (Fsp3) is 0.269. The second-order valence-electron chi connectivity index (χ2n) is 8.53. The first-order chi connectivity index (χ1) is 15.7. The van der Waals surface area contributed by atoms with Crippen molar-refractivity contribution in [1.29, 1.82) is 0 Å². The summed E-state index contributed by atoms with van der Waals surface area (Å²) in [4.78, 5) is 35.3. The largest absolute Gasteiger partial charge is 0.493 e. The maximum absolute atomic E-state index is 12.5. The first-order valence-corrected chi connectivity index (χ1v) is 10.9. The topological polar surface area (TPSA) is 103 Å². The summed E-state index contributed by atoms with van der Waals surface area (Å²) in [6.45, 7) is 10.2. The van der Waals surface area contributed by atoms with Crippen LogP contribution in [0.15, 0.2) is 51.0 Å². The van der Waals surface area contributed by atoms with Crippen LogP contribution in [0.4, 0.5) is 0 Å². The monoisotopic (exact) mass is 444 g/mol. The lowest BCUT2D eigenvalue weighted by Gasteiger charge is -2.12. The number of hydrogen-bond acceptors (Lipinski definition) is 4. The Hall–Kier alpha value is -3.87. The lowest BCUT2D eigenvalue weighted by atomic mass is 10.0. The minimum atomic E-state index is -0.695. The molecule has 0 aliphatic carbocycles. The normalized spacial score (nSPS) is 12.0. The molecule has 0 bridgehead atoms. The maximum Gasteiger partial charge on any atom is 0.335 e. The molecule has 0 unspecified atom stereocenters. The van der Waals surface area contributed by atoms with Gasteiger partial charge in [-0.2, -0.15) is 0 Å². The van der Waals surface area contributed by atoms with Crippen LogP contribution in [-0.2, 0) is 6.42 Å². The van der Waals surface area contributed by atoms with Gasteiger partial charge in [-0.05, 0) is 75.4 Å². The zero-order valence-electron chi connectivity index (χ0n) is 19.5. The third kappa shape index (κ3) is 4.02. The highest BCUT2D eigenvalue weighted by molar-refractivity contribution is 6.00. The zero-order chi connectivity index (χ0) is 23.9. The van der Waals surface area contributed by atoms with E-state index in [0.717, 1.165) is 21.3 Å². The standard InChI is InChI=1S/C26H28N4O3/c1-14-7-6-8-19(13-14)30-25(32)22(24(31)29-26(30)33)18(5)27-12-11-20-17(4)28-23-16(3)10-9-15(2)21(20)23/h6-10,13,28,32H,11-12H2,1-5H3,(H,29,31,33). The van der Waals surface area contributed by atoms with Gasteiger partial charge in [-0.3, -0.25) is 14.8 Å². The van der Waals surface area contributed by atoms with E-state index < -0.39 is 17.1 Å². The fourth-order valence-corrected chi connectivity index (χ4v) is 4.40. The molecular weight excluding hydrogens is 416 g/mol. The molecule has 0 aliphatic heterocycles. The van der Waals surface area contributed by atoms with Gasteiger partial charge in [-0.15, -0.1) is 0 Å². The van der Waals surface area contributed by atoms with Gasteiger partial charge in [0.1, 0.15) is 5.56 Å². The van der Waals surface area contributed by atoms with Crippen LogP contribution in [0, 0.1) is 27.7 Å². The van der Waals surface area contributed by atoms with E-state index in [1.807, 2.05) is 13.0 Å². The van der Waals surface area contributed by atoms with Crippen LogP contribution >= 0.6 is 0 Å². The predicted octanol–water partition coefficient (Wildman–Crippen LogP) is 4.00. The maximum atomic E-state index is 12.5. The molecule has 0 atom stereocenters. The molecule has 7 heteroatoms. The van der Waals surface area contributed by atoms with Gasteiger partial charge in [0.2, 0.25) is 5.88 Å². The number of nitrogens with zero attached hydrogens (tertiary/aromatic N) is 2. The molecule has 2 aromatic heterocycles. The first-order valence-electron chi connectivity index (χ1n) is 10.9. The van der Waals surface area contributed by atoms with E-state index in [-0.39, 0.29) is 5.56 Å². The van der Waals surface area contributed by atoms with Gasteiger partial charge in [0.25, 0.3) is 5.56 Å². The van der Waals surface area contributed by atoms with E-state index in [2.05, 4.69) is 47.9 Å². The summed E-state index contributed by atoms with van der Waals surface area (Å²) in [5.74, 6) is -0.412. The highest BCUT2D eigenvalue weighted by Gasteiger charge is 2.18. The number of aromatic nitrogens is 3. The second-order valence-corrected chi connectivity index (χ2v) is 8.53. The molecule has 0 fully saturated rings. The van der Waals surface area contributed by atoms with Gasteiger partial charge in [-0.25, -0.2) is 9.36 Å². The number of benzene rings is 2. The number of hydrogen-bond donors (Lipinski definition) is 3. The Morgan fingerprint density at radius 1 is 1.03 bits per heavy atom. The molecule has 0 saturated heterocycles. The van der Waals surface area contributed by atoms with Gasteiger partial charge < -0.3 is 10.1 Å². The van der Waals surface area contributed by atoms with Crippen molar-refractivity contribution in [2.24, 2.45) is 4.99 Å². The van der Waals surface area contributed by atoms with Gasteiger partial charge >= 0.3 is 5.69 Å². The second kappa shape index (κ2) is 8.58. The summed E-state index contributed by atoms with van der Waals surface area (Å²) in [5, 5.41) is 12.1. The van der Waals surface area contributed by atoms with Crippen molar-refractivity contribution >= 4 is 16.6 Å². The lowest BCUT2D eigenvalue weighted by Crippen LogP contribution is -2.32. The third-order valence-electron chi connectivity index (χ3n) is 6.11. The van der Waals surface area contributed by atoms with Crippen molar-refractivity contribution in [3.63, 3.8) is 0 Å². The number of aryl methyl sites for hydroxylation is 4. The van der Waals surface area contributed by atoms with Crippen molar-refractivity contribution in [3.05, 3.63) is 90.7 Å². The van der Waals surface area contributed by atoms with Crippen LogP contribution in [0.3, 0.4) is 0 Å². The highest BCUT2D eigenvalue weighted by Crippen LogP contribution is 2.28. The Morgan fingerprint density at radius 2 is 1.76 bits per heavy atom. The number of aromatic amines is 2. The average Bonchev–Trinajstić information content (AvgIpc) is 3.08. The van der Waals surface area contributed by atoms with E-state index in [4.69, 9.17) is 0 Å². The van der Waals surface area contributed by atoms with Crippen LogP contribution in [0.5, 0.6) is 5.88 Å². The molecule has 0 spiro atoms. The number of aromatic hydroxyl groups is 1. The number of nitrogens with one attached hydrogen (secondary N) is 2. The summed E-state index contributed by atoms with van der Waals surface area (Å²) in [5.41, 5.74) is 6.27. The van der Waals surface area contributed by atoms with Crippen molar-refractivity contribution in [2.75, 3.05) is 6.54 Å². The molecule has 2 aromatic carbocycles. The summed E-state index contributed by atoms with van der Waals surface area (Å²) < 4.78 is 1.10. The van der Waals surface area contributed by atoms with E-state index in [1.54, 1.807) is 25.1 Å². The van der Waals surface area contributed by atoms with Crippen LogP contribution in [0.2, 0.25) is 0 Å². The zero-order valence-corrected chi connectivity index (χ0v) is 19.5. The minimum Gasteiger partial charge on any atom is -0.493 e. The van der Waals surface area contributed by atoms with Crippen LogP contribution in [-0.4, -0.2) is 31.9 Å². The Kier molecular flexibility index (Phi) is 5.80. The number of aliphatic imine (C=N–C) groups is 1.